The SMILES string of the molecule is Br.CCn1c(=N)n(Cc2ccccc2F)c2ccccc21. The van der Waals surface area contributed by atoms with Gasteiger partial charge in [-0.3, -0.25) is 5.41 Å². The second-order valence-electron chi connectivity index (χ2n) is 4.73. The lowest BCUT2D eigenvalue weighted by molar-refractivity contribution is 0.588. The van der Waals surface area contributed by atoms with E-state index in [1.807, 2.05) is 46.4 Å². The molecule has 0 fully saturated rings. The number of hydrogen-bond acceptors (Lipinski definition) is 1. The predicted octanol–water partition coefficient (Wildman–Crippen LogP) is 3.71. The molecule has 3 nitrogen and oxygen atoms in total. The van der Waals surface area contributed by atoms with Gasteiger partial charge in [0.05, 0.1) is 17.6 Å². The summed E-state index contributed by atoms with van der Waals surface area (Å²) in [4.78, 5) is 0. The van der Waals surface area contributed by atoms with Crippen molar-refractivity contribution in [1.29, 1.82) is 5.41 Å². The average molecular weight is 350 g/mol. The Kier molecular flexibility index (Phi) is 4.63. The van der Waals surface area contributed by atoms with E-state index in [1.165, 1.54) is 6.07 Å². The number of benzene rings is 2. The number of nitrogens with zero attached hydrogens (tertiary/aromatic N) is 2. The molecule has 0 unspecified atom stereocenters. The maximum atomic E-state index is 13.8. The molecule has 5 heteroatoms. The molecule has 0 radical (unpaired) electrons. The van der Waals surface area contributed by atoms with Crippen LogP contribution in [0.15, 0.2) is 48.5 Å². The number of rotatable bonds is 3. The van der Waals surface area contributed by atoms with Crippen molar-refractivity contribution in [3.05, 3.63) is 65.5 Å². The van der Waals surface area contributed by atoms with Crippen LogP contribution in [0.2, 0.25) is 0 Å². The Hall–Kier alpha value is -1.88. The highest BCUT2D eigenvalue weighted by Crippen LogP contribution is 2.15. The molecular weight excluding hydrogens is 333 g/mol. The number of imidazole rings is 1. The summed E-state index contributed by atoms with van der Waals surface area (Å²) >= 11 is 0. The van der Waals surface area contributed by atoms with Crippen molar-refractivity contribution in [2.75, 3.05) is 0 Å². The largest absolute Gasteiger partial charge is 0.311 e. The van der Waals surface area contributed by atoms with E-state index < -0.39 is 0 Å². The minimum absolute atomic E-state index is 0. The summed E-state index contributed by atoms with van der Waals surface area (Å²) in [5.41, 5.74) is 2.97. The lowest BCUT2D eigenvalue weighted by Crippen LogP contribution is -2.24. The lowest BCUT2D eigenvalue weighted by atomic mass is 10.2. The first kappa shape index (κ1) is 15.5. The van der Waals surface area contributed by atoms with E-state index in [0.29, 0.717) is 17.7 Å². The summed E-state index contributed by atoms with van der Waals surface area (Å²) in [5.74, 6) is -0.229. The quantitative estimate of drug-likeness (QED) is 0.747. The Balaban J connectivity index is 0.00000161. The number of nitrogens with one attached hydrogen (secondary N) is 1. The molecule has 0 spiro atoms. The fourth-order valence-electron chi connectivity index (χ4n) is 2.57. The molecule has 0 aliphatic rings. The Morgan fingerprint density at radius 1 is 0.952 bits per heavy atom. The molecule has 0 aliphatic heterocycles. The molecular formula is C16H17BrFN3. The smallest absolute Gasteiger partial charge is 0.203 e. The number of halogens is 2. The van der Waals surface area contributed by atoms with Crippen molar-refractivity contribution >= 4 is 28.0 Å². The van der Waals surface area contributed by atoms with Crippen LogP contribution in [-0.4, -0.2) is 9.13 Å². The number of para-hydroxylation sites is 2. The third-order valence-electron chi connectivity index (χ3n) is 3.58. The van der Waals surface area contributed by atoms with Gasteiger partial charge in [0.15, 0.2) is 0 Å². The van der Waals surface area contributed by atoms with Crippen molar-refractivity contribution in [3.8, 4) is 0 Å². The zero-order valence-electron chi connectivity index (χ0n) is 11.7. The molecule has 0 saturated carbocycles. The summed E-state index contributed by atoms with van der Waals surface area (Å²) in [6.45, 7) is 3.11. The molecule has 21 heavy (non-hydrogen) atoms. The average Bonchev–Trinajstić information content (AvgIpc) is 2.74. The lowest BCUT2D eigenvalue weighted by Gasteiger charge is -2.05. The van der Waals surface area contributed by atoms with Crippen LogP contribution in [0.5, 0.6) is 0 Å². The third-order valence-corrected chi connectivity index (χ3v) is 3.58. The fourth-order valence-corrected chi connectivity index (χ4v) is 2.57. The van der Waals surface area contributed by atoms with Crippen LogP contribution in [0.25, 0.3) is 11.0 Å². The van der Waals surface area contributed by atoms with E-state index in [4.69, 9.17) is 5.41 Å². The van der Waals surface area contributed by atoms with Gasteiger partial charge in [0, 0.05) is 12.1 Å². The third kappa shape index (κ3) is 2.65. The molecule has 0 aliphatic carbocycles. The van der Waals surface area contributed by atoms with E-state index in [2.05, 4.69) is 0 Å². The zero-order valence-corrected chi connectivity index (χ0v) is 13.4. The van der Waals surface area contributed by atoms with Crippen molar-refractivity contribution in [3.63, 3.8) is 0 Å². The molecule has 3 aromatic rings. The van der Waals surface area contributed by atoms with Crippen LogP contribution in [0, 0.1) is 11.2 Å². The number of hydrogen-bond donors (Lipinski definition) is 1. The molecule has 0 atom stereocenters. The molecule has 0 amide bonds. The van der Waals surface area contributed by atoms with Crippen molar-refractivity contribution in [1.82, 2.24) is 9.13 Å². The molecule has 2 aromatic carbocycles. The van der Waals surface area contributed by atoms with Gasteiger partial charge in [-0.25, -0.2) is 4.39 Å². The second-order valence-corrected chi connectivity index (χ2v) is 4.73. The van der Waals surface area contributed by atoms with Gasteiger partial charge < -0.3 is 9.13 Å². The van der Waals surface area contributed by atoms with Crippen LogP contribution >= 0.6 is 17.0 Å². The minimum atomic E-state index is -0.229. The molecule has 1 heterocycles. The van der Waals surface area contributed by atoms with Gasteiger partial charge in [-0.15, -0.1) is 17.0 Å². The molecule has 110 valence electrons. The molecule has 0 bridgehead atoms. The Morgan fingerprint density at radius 2 is 1.52 bits per heavy atom. The zero-order chi connectivity index (χ0) is 14.1. The topological polar surface area (TPSA) is 33.7 Å². The van der Waals surface area contributed by atoms with Gasteiger partial charge in [0.25, 0.3) is 0 Å². The Bertz CT molecular complexity index is 820. The van der Waals surface area contributed by atoms with Gasteiger partial charge in [-0.05, 0) is 25.1 Å². The van der Waals surface area contributed by atoms with Crippen LogP contribution in [-0.2, 0) is 13.1 Å². The predicted molar refractivity (Wildman–Crippen MR) is 87.3 cm³/mol. The molecule has 3 rings (SSSR count). The summed E-state index contributed by atoms with van der Waals surface area (Å²) < 4.78 is 17.6. The van der Waals surface area contributed by atoms with E-state index in [1.54, 1.807) is 12.1 Å². The molecule has 1 N–H and O–H groups in total. The highest BCUT2D eigenvalue weighted by Gasteiger charge is 2.11. The van der Waals surface area contributed by atoms with Gasteiger partial charge in [-0.2, -0.15) is 0 Å². The fraction of sp³-hybridized carbons (Fsp3) is 0.188. The Labute approximate surface area is 132 Å². The van der Waals surface area contributed by atoms with Crippen LogP contribution in [0.4, 0.5) is 4.39 Å². The number of aryl methyl sites for hydroxylation is 1. The monoisotopic (exact) mass is 349 g/mol. The maximum absolute atomic E-state index is 13.8. The molecule has 1 aromatic heterocycles. The standard InChI is InChI=1S/C16H16FN3.BrH/c1-2-19-14-9-5-6-10-15(14)20(16(19)18)11-12-7-3-4-8-13(12)17;/h3-10,18H,2,11H2,1H3;1H. The Morgan fingerprint density at radius 3 is 2.14 bits per heavy atom. The normalized spacial score (nSPS) is 10.6. The van der Waals surface area contributed by atoms with E-state index >= 15 is 0 Å². The van der Waals surface area contributed by atoms with Crippen LogP contribution < -0.4 is 5.62 Å². The summed E-state index contributed by atoms with van der Waals surface area (Å²) in [5, 5.41) is 8.30. The summed E-state index contributed by atoms with van der Waals surface area (Å²) in [7, 11) is 0. The first-order valence-corrected chi connectivity index (χ1v) is 6.68. The van der Waals surface area contributed by atoms with Gasteiger partial charge in [-0.1, -0.05) is 30.3 Å². The minimum Gasteiger partial charge on any atom is -0.311 e. The second kappa shape index (κ2) is 6.26. The van der Waals surface area contributed by atoms with E-state index in [9.17, 15) is 4.39 Å². The highest BCUT2D eigenvalue weighted by atomic mass is 79.9. The van der Waals surface area contributed by atoms with Crippen molar-refractivity contribution in [2.24, 2.45) is 0 Å². The highest BCUT2D eigenvalue weighted by molar-refractivity contribution is 8.93. The van der Waals surface area contributed by atoms with Crippen molar-refractivity contribution in [2.45, 2.75) is 20.0 Å². The van der Waals surface area contributed by atoms with E-state index in [0.717, 1.165) is 17.6 Å². The van der Waals surface area contributed by atoms with Gasteiger partial charge >= 0.3 is 0 Å². The van der Waals surface area contributed by atoms with Crippen LogP contribution in [0.3, 0.4) is 0 Å². The van der Waals surface area contributed by atoms with Crippen LogP contribution in [0.1, 0.15) is 12.5 Å². The maximum Gasteiger partial charge on any atom is 0.203 e. The number of fused-ring (bicyclic) bond motifs is 1. The van der Waals surface area contributed by atoms with Crippen molar-refractivity contribution < 1.29 is 4.39 Å². The summed E-state index contributed by atoms with van der Waals surface area (Å²) in [6, 6.07) is 14.6. The van der Waals surface area contributed by atoms with Gasteiger partial charge in [0.2, 0.25) is 5.62 Å². The summed E-state index contributed by atoms with van der Waals surface area (Å²) in [6.07, 6.45) is 0. The van der Waals surface area contributed by atoms with E-state index in [-0.39, 0.29) is 22.8 Å². The first-order chi connectivity index (χ1) is 9.72. The first-order valence-electron chi connectivity index (χ1n) is 6.68. The van der Waals surface area contributed by atoms with Gasteiger partial charge in [0.1, 0.15) is 5.82 Å². The molecule has 0 saturated heterocycles. The number of aromatic nitrogens is 2.